The lowest BCUT2D eigenvalue weighted by atomic mass is 10.2. The molecular weight excluding hydrogens is 315 g/mol. The SMILES string of the molecule is CC(Nc1ccc(F)c(NC(=O)C2CC2)c1)C(=O)N1CCNC1=O. The standard InChI is InChI=1S/C16H19FN4O3/c1-9(15(23)21-7-6-18-16(21)24)19-11-4-5-12(17)13(8-11)20-14(22)10-2-3-10/h4-5,8-10,19H,2-3,6-7H2,1H3,(H,18,24)(H,20,22). The number of urea groups is 1. The number of amides is 4. The summed E-state index contributed by atoms with van der Waals surface area (Å²) in [6, 6.07) is 3.08. The van der Waals surface area contributed by atoms with E-state index in [1.807, 2.05) is 0 Å². The fraction of sp³-hybridized carbons (Fsp3) is 0.438. The lowest BCUT2D eigenvalue weighted by Crippen LogP contribution is -2.43. The van der Waals surface area contributed by atoms with Crippen LogP contribution in [-0.2, 0) is 9.59 Å². The molecule has 3 rings (SSSR count). The van der Waals surface area contributed by atoms with E-state index in [2.05, 4.69) is 16.0 Å². The number of rotatable bonds is 5. The van der Waals surface area contributed by atoms with E-state index in [-0.39, 0.29) is 23.4 Å². The smallest absolute Gasteiger partial charge is 0.324 e. The van der Waals surface area contributed by atoms with Gasteiger partial charge in [0.05, 0.1) is 5.69 Å². The van der Waals surface area contributed by atoms with Gasteiger partial charge >= 0.3 is 6.03 Å². The van der Waals surface area contributed by atoms with Crippen molar-refractivity contribution in [2.24, 2.45) is 5.92 Å². The molecule has 1 atom stereocenters. The highest BCUT2D eigenvalue weighted by Gasteiger charge is 2.31. The summed E-state index contributed by atoms with van der Waals surface area (Å²) in [5.41, 5.74) is 0.568. The minimum atomic E-state index is -0.661. The van der Waals surface area contributed by atoms with Gasteiger partial charge in [0, 0.05) is 24.7 Å². The van der Waals surface area contributed by atoms with Gasteiger partial charge in [-0.05, 0) is 38.0 Å². The van der Waals surface area contributed by atoms with Gasteiger partial charge in [-0.1, -0.05) is 0 Å². The molecule has 0 radical (unpaired) electrons. The topological polar surface area (TPSA) is 90.5 Å². The zero-order valence-electron chi connectivity index (χ0n) is 13.3. The van der Waals surface area contributed by atoms with Crippen molar-refractivity contribution in [2.75, 3.05) is 23.7 Å². The van der Waals surface area contributed by atoms with Crippen LogP contribution in [0.15, 0.2) is 18.2 Å². The monoisotopic (exact) mass is 334 g/mol. The second-order valence-electron chi connectivity index (χ2n) is 6.05. The van der Waals surface area contributed by atoms with Gasteiger partial charge in [-0.15, -0.1) is 0 Å². The van der Waals surface area contributed by atoms with E-state index < -0.39 is 17.9 Å². The summed E-state index contributed by atoms with van der Waals surface area (Å²) in [4.78, 5) is 36.7. The molecule has 24 heavy (non-hydrogen) atoms. The van der Waals surface area contributed by atoms with Gasteiger partial charge in [-0.2, -0.15) is 0 Å². The van der Waals surface area contributed by atoms with Gasteiger partial charge in [0.15, 0.2) is 0 Å². The minimum absolute atomic E-state index is 0.0322. The number of hydrogen-bond acceptors (Lipinski definition) is 4. The Kier molecular flexibility index (Phi) is 4.37. The van der Waals surface area contributed by atoms with Crippen LogP contribution in [-0.4, -0.2) is 41.9 Å². The van der Waals surface area contributed by atoms with Crippen molar-refractivity contribution in [1.29, 1.82) is 0 Å². The quantitative estimate of drug-likeness (QED) is 0.762. The van der Waals surface area contributed by atoms with Crippen LogP contribution < -0.4 is 16.0 Å². The molecule has 2 aliphatic rings. The number of halogens is 1. The molecule has 1 aromatic rings. The van der Waals surface area contributed by atoms with Crippen molar-refractivity contribution in [3.05, 3.63) is 24.0 Å². The number of imide groups is 1. The predicted molar refractivity (Wildman–Crippen MR) is 86.0 cm³/mol. The van der Waals surface area contributed by atoms with Crippen molar-refractivity contribution in [1.82, 2.24) is 10.2 Å². The number of anilines is 2. The molecule has 4 amide bonds. The first-order valence-corrected chi connectivity index (χ1v) is 7.92. The molecule has 128 valence electrons. The second kappa shape index (κ2) is 6.46. The summed E-state index contributed by atoms with van der Waals surface area (Å²) in [5, 5.41) is 8.06. The molecule has 0 spiro atoms. The lowest BCUT2D eigenvalue weighted by molar-refractivity contribution is -0.128. The van der Waals surface area contributed by atoms with E-state index in [0.717, 1.165) is 17.7 Å². The molecule has 1 saturated carbocycles. The largest absolute Gasteiger partial charge is 0.374 e. The maximum absolute atomic E-state index is 13.8. The zero-order valence-corrected chi connectivity index (χ0v) is 13.3. The molecule has 7 nitrogen and oxygen atoms in total. The van der Waals surface area contributed by atoms with Gasteiger partial charge in [0.2, 0.25) is 5.91 Å². The first-order valence-electron chi connectivity index (χ1n) is 7.92. The molecule has 1 aliphatic heterocycles. The van der Waals surface area contributed by atoms with E-state index in [0.29, 0.717) is 18.8 Å². The van der Waals surface area contributed by atoms with Crippen molar-refractivity contribution in [3.8, 4) is 0 Å². The highest BCUT2D eigenvalue weighted by atomic mass is 19.1. The molecule has 2 fully saturated rings. The summed E-state index contributed by atoms with van der Waals surface area (Å²) < 4.78 is 13.8. The molecule has 1 aromatic carbocycles. The zero-order chi connectivity index (χ0) is 17.3. The van der Waals surface area contributed by atoms with Crippen LogP contribution in [0, 0.1) is 11.7 Å². The number of benzene rings is 1. The molecule has 1 unspecified atom stereocenters. The Hall–Kier alpha value is -2.64. The summed E-state index contributed by atoms with van der Waals surface area (Å²) >= 11 is 0. The molecule has 3 N–H and O–H groups in total. The van der Waals surface area contributed by atoms with Crippen molar-refractivity contribution in [3.63, 3.8) is 0 Å². The summed E-state index contributed by atoms with van der Waals surface area (Å²) in [6.07, 6.45) is 1.66. The first-order chi connectivity index (χ1) is 11.5. The Labute approximate surface area is 138 Å². The molecule has 1 aliphatic carbocycles. The predicted octanol–water partition coefficient (Wildman–Crippen LogP) is 1.53. The molecule has 1 heterocycles. The maximum Gasteiger partial charge on any atom is 0.324 e. The Balaban J connectivity index is 1.66. The fourth-order valence-electron chi connectivity index (χ4n) is 2.52. The average Bonchev–Trinajstić information content (AvgIpc) is 3.32. The van der Waals surface area contributed by atoms with Crippen molar-refractivity contribution < 1.29 is 18.8 Å². The van der Waals surface area contributed by atoms with Crippen LogP contribution in [0.25, 0.3) is 0 Å². The lowest BCUT2D eigenvalue weighted by Gasteiger charge is -2.20. The number of carbonyl (C=O) groups is 3. The summed E-state index contributed by atoms with van der Waals surface area (Å²) in [7, 11) is 0. The third-order valence-electron chi connectivity index (χ3n) is 4.05. The number of carbonyl (C=O) groups excluding carboxylic acids is 3. The van der Waals surface area contributed by atoms with Crippen LogP contribution in [0.1, 0.15) is 19.8 Å². The van der Waals surface area contributed by atoms with Crippen molar-refractivity contribution >= 4 is 29.2 Å². The van der Waals surface area contributed by atoms with Crippen LogP contribution in [0.3, 0.4) is 0 Å². The molecular formula is C16H19FN4O3. The van der Waals surface area contributed by atoms with Crippen LogP contribution >= 0.6 is 0 Å². The maximum atomic E-state index is 13.8. The van der Waals surface area contributed by atoms with E-state index >= 15 is 0 Å². The number of nitrogens with zero attached hydrogens (tertiary/aromatic N) is 1. The van der Waals surface area contributed by atoms with Crippen LogP contribution in [0.4, 0.5) is 20.6 Å². The molecule has 8 heteroatoms. The van der Waals surface area contributed by atoms with E-state index in [1.54, 1.807) is 6.92 Å². The van der Waals surface area contributed by atoms with E-state index in [1.165, 1.54) is 18.2 Å². The normalized spacial score (nSPS) is 18.1. The minimum Gasteiger partial charge on any atom is -0.374 e. The van der Waals surface area contributed by atoms with Gasteiger partial charge < -0.3 is 16.0 Å². The molecule has 1 saturated heterocycles. The van der Waals surface area contributed by atoms with Crippen LogP contribution in [0.5, 0.6) is 0 Å². The Morgan fingerprint density at radius 3 is 2.75 bits per heavy atom. The third kappa shape index (κ3) is 3.47. The third-order valence-corrected chi connectivity index (χ3v) is 4.05. The summed E-state index contributed by atoms with van der Waals surface area (Å²) in [6.45, 7) is 2.39. The van der Waals surface area contributed by atoms with Gasteiger partial charge in [0.25, 0.3) is 5.91 Å². The Morgan fingerprint density at radius 2 is 2.12 bits per heavy atom. The van der Waals surface area contributed by atoms with Gasteiger partial charge in [-0.25, -0.2) is 9.18 Å². The molecule has 0 aromatic heterocycles. The molecule has 0 bridgehead atoms. The first kappa shape index (κ1) is 16.2. The fourth-order valence-corrected chi connectivity index (χ4v) is 2.52. The average molecular weight is 334 g/mol. The van der Waals surface area contributed by atoms with E-state index in [9.17, 15) is 18.8 Å². The Morgan fingerprint density at radius 1 is 1.38 bits per heavy atom. The van der Waals surface area contributed by atoms with E-state index in [4.69, 9.17) is 0 Å². The van der Waals surface area contributed by atoms with Crippen LogP contribution in [0.2, 0.25) is 0 Å². The highest BCUT2D eigenvalue weighted by molar-refractivity contribution is 5.99. The summed E-state index contributed by atoms with van der Waals surface area (Å²) in [5.74, 6) is -1.12. The van der Waals surface area contributed by atoms with Crippen molar-refractivity contribution in [2.45, 2.75) is 25.8 Å². The highest BCUT2D eigenvalue weighted by Crippen LogP contribution is 2.31. The number of hydrogen-bond donors (Lipinski definition) is 3. The van der Waals surface area contributed by atoms with Gasteiger partial charge in [0.1, 0.15) is 11.9 Å². The van der Waals surface area contributed by atoms with Gasteiger partial charge in [-0.3, -0.25) is 14.5 Å². The number of nitrogens with one attached hydrogen (secondary N) is 3. The Bertz CT molecular complexity index is 690. The second-order valence-corrected chi connectivity index (χ2v) is 6.05.